The second kappa shape index (κ2) is 7.68. The molecule has 0 radical (unpaired) electrons. The van der Waals surface area contributed by atoms with Gasteiger partial charge >= 0.3 is 0 Å². The molecule has 2 unspecified atom stereocenters. The summed E-state index contributed by atoms with van der Waals surface area (Å²) >= 11 is 6.28. The maximum atomic E-state index is 12.1. The van der Waals surface area contributed by atoms with Crippen LogP contribution in [0.2, 0.25) is 0 Å². The van der Waals surface area contributed by atoms with Gasteiger partial charge in [-0.25, -0.2) is 0 Å². The Bertz CT molecular complexity index is 414. The van der Waals surface area contributed by atoms with E-state index in [1.165, 1.54) is 24.8 Å². The van der Waals surface area contributed by atoms with Gasteiger partial charge in [0.25, 0.3) is 0 Å². The molecule has 0 aliphatic heterocycles. The van der Waals surface area contributed by atoms with Crippen LogP contribution in [-0.4, -0.2) is 17.3 Å². The van der Waals surface area contributed by atoms with Crippen LogP contribution in [0.3, 0.4) is 0 Å². The van der Waals surface area contributed by atoms with Crippen molar-refractivity contribution >= 4 is 17.5 Å². The molecule has 1 fully saturated rings. The second-order valence-corrected chi connectivity index (χ2v) is 6.39. The van der Waals surface area contributed by atoms with Gasteiger partial charge in [0, 0.05) is 6.04 Å². The molecule has 0 spiro atoms. The van der Waals surface area contributed by atoms with Crippen LogP contribution in [0.4, 0.5) is 0 Å². The van der Waals surface area contributed by atoms with E-state index in [-0.39, 0.29) is 5.91 Å². The fourth-order valence-corrected chi connectivity index (χ4v) is 3.20. The molecular weight excluding hydrogens is 270 g/mol. The van der Waals surface area contributed by atoms with Crippen molar-refractivity contribution < 1.29 is 4.79 Å². The SMILES string of the molecule is CC(CC(Cl)C(=O)NC1CCCCC1)c1ccccc1. The quantitative estimate of drug-likeness (QED) is 0.809. The zero-order valence-corrected chi connectivity index (χ0v) is 12.9. The van der Waals surface area contributed by atoms with Crippen LogP contribution in [0.15, 0.2) is 30.3 Å². The monoisotopic (exact) mass is 293 g/mol. The molecule has 20 heavy (non-hydrogen) atoms. The van der Waals surface area contributed by atoms with Gasteiger partial charge in [-0.2, -0.15) is 0 Å². The molecule has 1 aromatic carbocycles. The number of benzene rings is 1. The number of carbonyl (C=O) groups excluding carboxylic acids is 1. The van der Waals surface area contributed by atoms with Crippen LogP contribution in [0.25, 0.3) is 0 Å². The van der Waals surface area contributed by atoms with E-state index in [9.17, 15) is 4.79 Å². The highest BCUT2D eigenvalue weighted by atomic mass is 35.5. The maximum Gasteiger partial charge on any atom is 0.238 e. The lowest BCUT2D eigenvalue weighted by Crippen LogP contribution is -2.40. The third-order valence-corrected chi connectivity index (χ3v) is 4.54. The molecule has 1 aliphatic rings. The van der Waals surface area contributed by atoms with E-state index in [1.807, 2.05) is 18.2 Å². The summed E-state index contributed by atoms with van der Waals surface area (Å²) in [5.41, 5.74) is 1.24. The van der Waals surface area contributed by atoms with E-state index >= 15 is 0 Å². The van der Waals surface area contributed by atoms with Crippen LogP contribution >= 0.6 is 11.6 Å². The average molecular weight is 294 g/mol. The van der Waals surface area contributed by atoms with Crippen molar-refractivity contribution in [1.82, 2.24) is 5.32 Å². The number of nitrogens with one attached hydrogen (secondary N) is 1. The Labute approximate surface area is 126 Å². The lowest BCUT2D eigenvalue weighted by Gasteiger charge is -2.24. The first-order valence-corrected chi connectivity index (χ1v) is 8.10. The van der Waals surface area contributed by atoms with Gasteiger partial charge < -0.3 is 5.32 Å². The lowest BCUT2D eigenvalue weighted by atomic mass is 9.94. The molecule has 1 aliphatic carbocycles. The van der Waals surface area contributed by atoms with Gasteiger partial charge in [0.15, 0.2) is 0 Å². The van der Waals surface area contributed by atoms with Gasteiger partial charge in [0.05, 0.1) is 0 Å². The molecule has 1 amide bonds. The summed E-state index contributed by atoms with van der Waals surface area (Å²) < 4.78 is 0. The molecule has 110 valence electrons. The van der Waals surface area contributed by atoms with E-state index in [4.69, 9.17) is 11.6 Å². The first-order valence-electron chi connectivity index (χ1n) is 7.66. The van der Waals surface area contributed by atoms with Crippen LogP contribution in [0, 0.1) is 0 Å². The summed E-state index contributed by atoms with van der Waals surface area (Å²) in [7, 11) is 0. The molecule has 2 rings (SSSR count). The smallest absolute Gasteiger partial charge is 0.238 e. The minimum absolute atomic E-state index is 0.00125. The number of hydrogen-bond donors (Lipinski definition) is 1. The summed E-state index contributed by atoms with van der Waals surface area (Å²) in [5.74, 6) is 0.303. The Morgan fingerprint density at radius 3 is 2.55 bits per heavy atom. The number of halogens is 1. The Morgan fingerprint density at radius 1 is 1.25 bits per heavy atom. The third-order valence-electron chi connectivity index (χ3n) is 4.17. The molecule has 0 bridgehead atoms. The van der Waals surface area contributed by atoms with Crippen molar-refractivity contribution in [1.29, 1.82) is 0 Å². The zero-order chi connectivity index (χ0) is 14.4. The standard InChI is InChI=1S/C17H24ClNO/c1-13(14-8-4-2-5-9-14)12-16(18)17(20)19-15-10-6-3-7-11-15/h2,4-5,8-9,13,15-16H,3,6-7,10-12H2,1H3,(H,19,20). The minimum atomic E-state index is -0.438. The molecule has 2 atom stereocenters. The maximum absolute atomic E-state index is 12.1. The van der Waals surface area contributed by atoms with Gasteiger partial charge in [-0.3, -0.25) is 4.79 Å². The van der Waals surface area contributed by atoms with Gasteiger partial charge in [0.1, 0.15) is 5.38 Å². The summed E-state index contributed by atoms with van der Waals surface area (Å²) in [4.78, 5) is 12.1. The predicted molar refractivity (Wildman–Crippen MR) is 84.1 cm³/mol. The second-order valence-electron chi connectivity index (χ2n) is 5.86. The molecule has 0 aromatic heterocycles. The van der Waals surface area contributed by atoms with Gasteiger partial charge in [0.2, 0.25) is 5.91 Å². The summed E-state index contributed by atoms with van der Waals surface area (Å²) in [6.07, 6.45) is 6.62. The number of carbonyl (C=O) groups is 1. The Balaban J connectivity index is 1.81. The highest BCUT2D eigenvalue weighted by Gasteiger charge is 2.22. The Hall–Kier alpha value is -1.02. The van der Waals surface area contributed by atoms with Crippen LogP contribution in [0.5, 0.6) is 0 Å². The third kappa shape index (κ3) is 4.52. The van der Waals surface area contributed by atoms with Gasteiger partial charge in [-0.05, 0) is 30.7 Å². The van der Waals surface area contributed by atoms with E-state index in [0.717, 1.165) is 12.8 Å². The molecule has 1 N–H and O–H groups in total. The molecule has 3 heteroatoms. The topological polar surface area (TPSA) is 29.1 Å². The number of hydrogen-bond acceptors (Lipinski definition) is 1. The highest BCUT2D eigenvalue weighted by Crippen LogP contribution is 2.23. The van der Waals surface area contributed by atoms with Crippen LogP contribution < -0.4 is 5.32 Å². The Kier molecular flexibility index (Phi) is 5.90. The minimum Gasteiger partial charge on any atom is -0.352 e. The lowest BCUT2D eigenvalue weighted by molar-refractivity contribution is -0.121. The van der Waals surface area contributed by atoms with Crippen molar-refractivity contribution in [2.75, 3.05) is 0 Å². The van der Waals surface area contributed by atoms with Crippen molar-refractivity contribution in [3.63, 3.8) is 0 Å². The summed E-state index contributed by atoms with van der Waals surface area (Å²) in [5, 5.41) is 2.67. The molecular formula is C17H24ClNO. The highest BCUT2D eigenvalue weighted by molar-refractivity contribution is 6.30. The zero-order valence-electron chi connectivity index (χ0n) is 12.1. The van der Waals surface area contributed by atoms with Crippen LogP contribution in [0.1, 0.15) is 56.9 Å². The van der Waals surface area contributed by atoms with Gasteiger partial charge in [-0.1, -0.05) is 56.5 Å². The van der Waals surface area contributed by atoms with E-state index in [1.54, 1.807) is 0 Å². The Morgan fingerprint density at radius 2 is 1.90 bits per heavy atom. The normalized spacial score (nSPS) is 19.3. The number of amides is 1. The molecule has 0 heterocycles. The van der Waals surface area contributed by atoms with Crippen molar-refractivity contribution in [3.05, 3.63) is 35.9 Å². The average Bonchev–Trinajstić information content (AvgIpc) is 2.49. The van der Waals surface area contributed by atoms with Crippen LogP contribution in [-0.2, 0) is 4.79 Å². The predicted octanol–water partition coefficient (Wildman–Crippen LogP) is 4.24. The van der Waals surface area contributed by atoms with E-state index in [2.05, 4.69) is 24.4 Å². The largest absolute Gasteiger partial charge is 0.352 e. The van der Waals surface area contributed by atoms with Crippen molar-refractivity contribution in [2.45, 2.75) is 62.8 Å². The molecule has 1 saturated carbocycles. The first kappa shape index (κ1) is 15.4. The summed E-state index contributed by atoms with van der Waals surface area (Å²) in [6.45, 7) is 2.12. The number of rotatable bonds is 5. The molecule has 0 saturated heterocycles. The fraction of sp³-hybridized carbons (Fsp3) is 0.588. The van der Waals surface area contributed by atoms with Gasteiger partial charge in [-0.15, -0.1) is 11.6 Å². The molecule has 1 aromatic rings. The molecule has 2 nitrogen and oxygen atoms in total. The fourth-order valence-electron chi connectivity index (χ4n) is 2.87. The number of alkyl halides is 1. The van der Waals surface area contributed by atoms with E-state index < -0.39 is 5.38 Å². The van der Waals surface area contributed by atoms with Crippen molar-refractivity contribution in [2.24, 2.45) is 0 Å². The first-order chi connectivity index (χ1) is 9.66. The summed E-state index contributed by atoms with van der Waals surface area (Å²) in [6, 6.07) is 10.6. The van der Waals surface area contributed by atoms with E-state index in [0.29, 0.717) is 18.4 Å². The van der Waals surface area contributed by atoms with Crippen molar-refractivity contribution in [3.8, 4) is 0 Å².